The van der Waals surface area contributed by atoms with Crippen LogP contribution in [0.1, 0.15) is 31.4 Å². The fourth-order valence-corrected chi connectivity index (χ4v) is 3.45. The molecular formula is C22H24N2O5. The van der Waals surface area contributed by atoms with Crippen LogP contribution in [0.3, 0.4) is 0 Å². The van der Waals surface area contributed by atoms with Crippen molar-refractivity contribution in [1.29, 1.82) is 0 Å². The summed E-state index contributed by atoms with van der Waals surface area (Å²) < 4.78 is 16.5. The Morgan fingerprint density at radius 3 is 2.69 bits per heavy atom. The molecule has 0 radical (unpaired) electrons. The van der Waals surface area contributed by atoms with Gasteiger partial charge in [-0.1, -0.05) is 12.1 Å². The Bertz CT molecular complexity index is 970. The lowest BCUT2D eigenvalue weighted by atomic mass is 10.0. The molecule has 0 atom stereocenters. The minimum atomic E-state index is -0.967. The number of aryl methyl sites for hydroxylation is 1. The van der Waals surface area contributed by atoms with Crippen LogP contribution in [0, 0.1) is 6.92 Å². The number of benzene rings is 2. The van der Waals surface area contributed by atoms with Crippen molar-refractivity contribution in [2.24, 2.45) is 0 Å². The normalized spacial score (nSPS) is 16.2. The number of ether oxygens (including phenoxy) is 3. The van der Waals surface area contributed by atoms with E-state index in [-0.39, 0.29) is 31.6 Å². The first-order chi connectivity index (χ1) is 13.8. The summed E-state index contributed by atoms with van der Waals surface area (Å²) in [6.07, 6.45) is 0.194. The van der Waals surface area contributed by atoms with E-state index < -0.39 is 5.60 Å². The van der Waals surface area contributed by atoms with Gasteiger partial charge in [0.05, 0.1) is 5.69 Å². The lowest BCUT2D eigenvalue weighted by molar-refractivity contribution is -0.132. The van der Waals surface area contributed by atoms with Gasteiger partial charge in [-0.25, -0.2) is 0 Å². The molecule has 2 heterocycles. The number of carbonyl (C=O) groups is 2. The number of hydrogen-bond acceptors (Lipinski definition) is 5. The van der Waals surface area contributed by atoms with Crippen molar-refractivity contribution >= 4 is 17.5 Å². The molecule has 0 saturated heterocycles. The summed E-state index contributed by atoms with van der Waals surface area (Å²) in [6.45, 7) is 6.33. The predicted molar refractivity (Wildman–Crippen MR) is 107 cm³/mol. The van der Waals surface area contributed by atoms with Crippen molar-refractivity contribution in [3.8, 4) is 17.2 Å². The highest BCUT2D eigenvalue weighted by atomic mass is 16.7. The Kier molecular flexibility index (Phi) is 4.82. The van der Waals surface area contributed by atoms with E-state index >= 15 is 0 Å². The molecule has 0 fully saturated rings. The van der Waals surface area contributed by atoms with E-state index in [1.807, 2.05) is 43.3 Å². The summed E-state index contributed by atoms with van der Waals surface area (Å²) in [5, 5.41) is 2.90. The fraction of sp³-hybridized carbons (Fsp3) is 0.364. The lowest BCUT2D eigenvalue weighted by Crippen LogP contribution is -2.53. The van der Waals surface area contributed by atoms with E-state index in [4.69, 9.17) is 14.2 Å². The van der Waals surface area contributed by atoms with E-state index in [0.717, 1.165) is 11.1 Å². The third kappa shape index (κ3) is 3.85. The standard InChI is InChI=1S/C22H24N2O5/c1-14-4-6-17-16(10-14)24(21(26)22(2,3)29-17)9-8-20(25)23-12-15-5-7-18-19(11-15)28-13-27-18/h4-7,10-11H,8-9,12-13H2,1-3H3,(H,23,25). The zero-order valence-electron chi connectivity index (χ0n) is 16.8. The number of amides is 2. The van der Waals surface area contributed by atoms with Crippen LogP contribution >= 0.6 is 0 Å². The molecule has 0 saturated carbocycles. The summed E-state index contributed by atoms with van der Waals surface area (Å²) in [6, 6.07) is 11.3. The Hall–Kier alpha value is -3.22. The first-order valence-electron chi connectivity index (χ1n) is 9.60. The lowest BCUT2D eigenvalue weighted by Gasteiger charge is -2.38. The number of fused-ring (bicyclic) bond motifs is 2. The molecule has 1 N–H and O–H groups in total. The number of nitrogens with zero attached hydrogens (tertiary/aromatic N) is 1. The van der Waals surface area contributed by atoms with Gasteiger partial charge >= 0.3 is 0 Å². The van der Waals surface area contributed by atoms with E-state index in [1.54, 1.807) is 18.7 Å². The topological polar surface area (TPSA) is 77.1 Å². The molecule has 2 aliphatic rings. The highest BCUT2D eigenvalue weighted by Gasteiger charge is 2.40. The van der Waals surface area contributed by atoms with Crippen molar-refractivity contribution in [3.63, 3.8) is 0 Å². The quantitative estimate of drug-likeness (QED) is 0.841. The van der Waals surface area contributed by atoms with E-state index in [1.165, 1.54) is 0 Å². The molecule has 2 aliphatic heterocycles. The fourth-order valence-electron chi connectivity index (χ4n) is 3.45. The average Bonchev–Trinajstić information content (AvgIpc) is 3.15. The van der Waals surface area contributed by atoms with Gasteiger partial charge in [-0.05, 0) is 56.2 Å². The van der Waals surface area contributed by atoms with Crippen molar-refractivity contribution < 1.29 is 23.8 Å². The number of nitrogens with one attached hydrogen (secondary N) is 1. The first-order valence-corrected chi connectivity index (χ1v) is 9.60. The Morgan fingerprint density at radius 2 is 1.86 bits per heavy atom. The van der Waals surface area contributed by atoms with Crippen LogP contribution in [0.5, 0.6) is 17.2 Å². The Morgan fingerprint density at radius 1 is 1.10 bits per heavy atom. The second-order valence-corrected chi connectivity index (χ2v) is 7.75. The largest absolute Gasteiger partial charge is 0.476 e. The molecule has 0 aliphatic carbocycles. The molecular weight excluding hydrogens is 372 g/mol. The van der Waals surface area contributed by atoms with Gasteiger partial charge < -0.3 is 24.4 Å². The van der Waals surface area contributed by atoms with Crippen LogP contribution in [0.15, 0.2) is 36.4 Å². The average molecular weight is 396 g/mol. The van der Waals surface area contributed by atoms with Crippen molar-refractivity contribution in [1.82, 2.24) is 5.32 Å². The highest BCUT2D eigenvalue weighted by molar-refractivity contribution is 6.02. The van der Waals surface area contributed by atoms with Gasteiger partial charge in [-0.3, -0.25) is 9.59 Å². The second-order valence-electron chi connectivity index (χ2n) is 7.75. The third-order valence-corrected chi connectivity index (χ3v) is 5.02. The Balaban J connectivity index is 1.39. The number of carbonyl (C=O) groups excluding carboxylic acids is 2. The summed E-state index contributed by atoms with van der Waals surface area (Å²) in [5.74, 6) is 1.77. The summed E-state index contributed by atoms with van der Waals surface area (Å²) in [4.78, 5) is 26.9. The van der Waals surface area contributed by atoms with Gasteiger partial charge in [0, 0.05) is 19.5 Å². The van der Waals surface area contributed by atoms with E-state index in [2.05, 4.69) is 5.32 Å². The molecule has 0 bridgehead atoms. The van der Waals surface area contributed by atoms with Gasteiger partial charge in [-0.15, -0.1) is 0 Å². The van der Waals surface area contributed by atoms with Crippen molar-refractivity contribution in [2.75, 3.05) is 18.2 Å². The maximum absolute atomic E-state index is 12.9. The minimum Gasteiger partial charge on any atom is -0.476 e. The van der Waals surface area contributed by atoms with Gasteiger partial charge in [-0.2, -0.15) is 0 Å². The van der Waals surface area contributed by atoms with Gasteiger partial charge in [0.25, 0.3) is 5.91 Å². The zero-order chi connectivity index (χ0) is 20.6. The molecule has 2 aromatic carbocycles. The molecule has 29 heavy (non-hydrogen) atoms. The van der Waals surface area contributed by atoms with Crippen LogP contribution in [-0.4, -0.2) is 30.8 Å². The minimum absolute atomic E-state index is 0.131. The van der Waals surface area contributed by atoms with E-state index in [9.17, 15) is 9.59 Å². The smallest absolute Gasteiger partial charge is 0.270 e. The molecule has 0 unspecified atom stereocenters. The van der Waals surface area contributed by atoms with Crippen LogP contribution in [0.2, 0.25) is 0 Å². The Labute approximate surface area is 169 Å². The predicted octanol–water partition coefficient (Wildman–Crippen LogP) is 2.93. The van der Waals surface area contributed by atoms with Gasteiger partial charge in [0.1, 0.15) is 5.75 Å². The number of anilines is 1. The van der Waals surface area contributed by atoms with Crippen LogP contribution in [0.25, 0.3) is 0 Å². The number of hydrogen-bond donors (Lipinski definition) is 1. The summed E-state index contributed by atoms with van der Waals surface area (Å²) in [7, 11) is 0. The summed E-state index contributed by atoms with van der Waals surface area (Å²) >= 11 is 0. The molecule has 0 spiro atoms. The monoisotopic (exact) mass is 396 g/mol. The first kappa shape index (κ1) is 19.1. The maximum Gasteiger partial charge on any atom is 0.270 e. The molecule has 7 heteroatoms. The summed E-state index contributed by atoms with van der Waals surface area (Å²) in [5.41, 5.74) is 1.69. The molecule has 2 aromatic rings. The van der Waals surface area contributed by atoms with E-state index in [0.29, 0.717) is 29.5 Å². The second kappa shape index (κ2) is 7.31. The highest BCUT2D eigenvalue weighted by Crippen LogP contribution is 2.38. The SMILES string of the molecule is Cc1ccc2c(c1)N(CCC(=O)NCc1ccc3c(c1)OCO3)C(=O)C(C)(C)O2. The molecule has 4 rings (SSSR count). The molecule has 152 valence electrons. The third-order valence-electron chi connectivity index (χ3n) is 5.02. The van der Waals surface area contributed by atoms with Crippen LogP contribution in [0.4, 0.5) is 5.69 Å². The molecule has 0 aromatic heterocycles. The zero-order valence-corrected chi connectivity index (χ0v) is 16.8. The number of rotatable bonds is 5. The van der Waals surface area contributed by atoms with Crippen molar-refractivity contribution in [3.05, 3.63) is 47.5 Å². The van der Waals surface area contributed by atoms with Crippen LogP contribution < -0.4 is 24.4 Å². The molecule has 7 nitrogen and oxygen atoms in total. The van der Waals surface area contributed by atoms with Crippen molar-refractivity contribution in [2.45, 2.75) is 39.3 Å². The van der Waals surface area contributed by atoms with Gasteiger partial charge in [0.15, 0.2) is 17.1 Å². The van der Waals surface area contributed by atoms with Gasteiger partial charge in [0.2, 0.25) is 12.7 Å². The molecule has 2 amide bonds. The van der Waals surface area contributed by atoms with Crippen LogP contribution in [-0.2, 0) is 16.1 Å². The maximum atomic E-state index is 12.9.